The highest BCUT2D eigenvalue weighted by Crippen LogP contribution is 2.50. The maximum absolute atomic E-state index is 10.9. The van der Waals surface area contributed by atoms with Crippen LogP contribution in [0.15, 0.2) is 54.6 Å². The zero-order chi connectivity index (χ0) is 17.4. The second-order valence-electron chi connectivity index (χ2n) is 6.51. The lowest BCUT2D eigenvalue weighted by atomic mass is 9.77. The number of nitro groups is 1. The molecule has 0 bridgehead atoms. The number of nitrogens with zero attached hydrogens (tertiary/aromatic N) is 1. The first-order valence-electron chi connectivity index (χ1n) is 8.61. The molecule has 1 aliphatic heterocycles. The molecule has 25 heavy (non-hydrogen) atoms. The molecule has 1 aliphatic carbocycles. The Labute approximate surface area is 146 Å². The zero-order valence-corrected chi connectivity index (χ0v) is 14.0. The lowest BCUT2D eigenvalue weighted by Crippen LogP contribution is -2.29. The Morgan fingerprint density at radius 3 is 2.76 bits per heavy atom. The first kappa shape index (κ1) is 15.7. The summed E-state index contributed by atoms with van der Waals surface area (Å²) in [6.45, 7) is 2.64. The Morgan fingerprint density at radius 1 is 1.24 bits per heavy atom. The van der Waals surface area contributed by atoms with Crippen molar-refractivity contribution in [2.75, 3.05) is 11.9 Å². The summed E-state index contributed by atoms with van der Waals surface area (Å²) in [5.41, 5.74) is 3.59. The Hall–Kier alpha value is -2.82. The van der Waals surface area contributed by atoms with Gasteiger partial charge in [-0.3, -0.25) is 10.1 Å². The van der Waals surface area contributed by atoms with Crippen molar-refractivity contribution in [3.63, 3.8) is 0 Å². The van der Waals surface area contributed by atoms with Crippen LogP contribution in [0.25, 0.3) is 0 Å². The molecule has 5 nitrogen and oxygen atoms in total. The summed E-state index contributed by atoms with van der Waals surface area (Å²) in [6.07, 6.45) is 5.51. The number of non-ortho nitro benzene ring substituents is 1. The summed E-state index contributed by atoms with van der Waals surface area (Å²) >= 11 is 0. The fourth-order valence-electron chi connectivity index (χ4n) is 3.96. The molecule has 0 amide bonds. The van der Waals surface area contributed by atoms with Crippen LogP contribution in [0.1, 0.15) is 36.4 Å². The molecule has 2 aromatic carbocycles. The highest BCUT2D eigenvalue weighted by Gasteiger charge is 2.38. The molecule has 4 rings (SSSR count). The smallest absolute Gasteiger partial charge is 0.269 e. The van der Waals surface area contributed by atoms with Crippen molar-refractivity contribution < 1.29 is 9.66 Å². The van der Waals surface area contributed by atoms with Gasteiger partial charge in [-0.2, -0.15) is 0 Å². The van der Waals surface area contributed by atoms with Gasteiger partial charge in [-0.15, -0.1) is 0 Å². The third-order valence-electron chi connectivity index (χ3n) is 5.11. The van der Waals surface area contributed by atoms with Crippen LogP contribution in [0.2, 0.25) is 0 Å². The van der Waals surface area contributed by atoms with Crippen molar-refractivity contribution in [2.24, 2.45) is 5.92 Å². The molecule has 1 heterocycles. The molecule has 128 valence electrons. The van der Waals surface area contributed by atoms with E-state index in [4.69, 9.17) is 4.74 Å². The third kappa shape index (κ3) is 2.76. The molecule has 0 saturated carbocycles. The van der Waals surface area contributed by atoms with Gasteiger partial charge in [0, 0.05) is 23.7 Å². The summed E-state index contributed by atoms with van der Waals surface area (Å²) in [5.74, 6) is 1.65. The number of benzene rings is 2. The quantitative estimate of drug-likeness (QED) is 0.494. The van der Waals surface area contributed by atoms with E-state index in [-0.39, 0.29) is 16.7 Å². The van der Waals surface area contributed by atoms with E-state index >= 15 is 0 Å². The van der Waals surface area contributed by atoms with Crippen LogP contribution in [0.4, 0.5) is 11.4 Å². The van der Waals surface area contributed by atoms with Crippen molar-refractivity contribution in [2.45, 2.75) is 25.3 Å². The van der Waals surface area contributed by atoms with Gasteiger partial charge in [-0.25, -0.2) is 0 Å². The Bertz CT molecular complexity index is 829. The van der Waals surface area contributed by atoms with E-state index in [0.717, 1.165) is 23.4 Å². The topological polar surface area (TPSA) is 64.4 Å². The summed E-state index contributed by atoms with van der Waals surface area (Å²) in [5, 5.41) is 14.5. The van der Waals surface area contributed by atoms with Crippen molar-refractivity contribution in [3.8, 4) is 5.75 Å². The van der Waals surface area contributed by atoms with Gasteiger partial charge in [0.1, 0.15) is 5.75 Å². The van der Waals surface area contributed by atoms with Crippen LogP contribution >= 0.6 is 0 Å². The van der Waals surface area contributed by atoms with Gasteiger partial charge in [0.05, 0.1) is 17.6 Å². The lowest BCUT2D eigenvalue weighted by Gasteiger charge is -2.37. The molecule has 1 N–H and O–H groups in total. The maximum atomic E-state index is 10.9. The molecule has 0 unspecified atom stereocenters. The summed E-state index contributed by atoms with van der Waals surface area (Å²) in [4.78, 5) is 10.5. The van der Waals surface area contributed by atoms with Crippen LogP contribution in [0.3, 0.4) is 0 Å². The molecule has 0 aromatic heterocycles. The predicted octanol–water partition coefficient (Wildman–Crippen LogP) is 4.82. The van der Waals surface area contributed by atoms with Crippen LogP contribution in [0.5, 0.6) is 5.75 Å². The Morgan fingerprint density at radius 2 is 2.04 bits per heavy atom. The van der Waals surface area contributed by atoms with Gasteiger partial charge in [-0.1, -0.05) is 24.3 Å². The number of nitro benzene ring substituents is 1. The van der Waals surface area contributed by atoms with E-state index < -0.39 is 0 Å². The highest BCUT2D eigenvalue weighted by molar-refractivity contribution is 5.61. The van der Waals surface area contributed by atoms with E-state index in [1.807, 2.05) is 25.1 Å². The van der Waals surface area contributed by atoms with Gasteiger partial charge in [0.25, 0.3) is 5.69 Å². The second-order valence-corrected chi connectivity index (χ2v) is 6.51. The Balaban J connectivity index is 1.69. The first-order valence-corrected chi connectivity index (χ1v) is 8.61. The van der Waals surface area contributed by atoms with Crippen LogP contribution in [0, 0.1) is 16.0 Å². The SMILES string of the molecule is CCOc1ccc2c(c1)[C@@H]1C=CC[C@@H]1[C@@H](c1ccc([N+](=O)[O-])cc1)N2. The fraction of sp³-hybridized carbons (Fsp3) is 0.300. The minimum absolute atomic E-state index is 0.127. The number of anilines is 1. The van der Waals surface area contributed by atoms with E-state index in [2.05, 4.69) is 29.6 Å². The number of rotatable bonds is 4. The van der Waals surface area contributed by atoms with E-state index in [1.165, 1.54) is 5.56 Å². The van der Waals surface area contributed by atoms with Gasteiger partial charge in [0.2, 0.25) is 0 Å². The van der Waals surface area contributed by atoms with Crippen LogP contribution in [-0.4, -0.2) is 11.5 Å². The molecule has 2 aromatic rings. The van der Waals surface area contributed by atoms with Crippen molar-refractivity contribution in [1.29, 1.82) is 0 Å². The number of ether oxygens (including phenoxy) is 1. The van der Waals surface area contributed by atoms with Crippen molar-refractivity contribution in [3.05, 3.63) is 75.9 Å². The zero-order valence-electron chi connectivity index (χ0n) is 14.0. The van der Waals surface area contributed by atoms with E-state index in [1.54, 1.807) is 12.1 Å². The standard InChI is InChI=1S/C20H20N2O3/c1-2-25-15-10-11-19-18(12-15)16-4-3-5-17(16)20(21-19)13-6-8-14(9-7-13)22(23)24/h3-4,6-12,16-17,20-21H,2,5H2,1H3/t16-,17+,20-/m1/s1. The normalized spacial score (nSPS) is 23.5. The van der Waals surface area contributed by atoms with Crippen molar-refractivity contribution >= 4 is 11.4 Å². The molecule has 0 fully saturated rings. The summed E-state index contributed by atoms with van der Waals surface area (Å²) in [7, 11) is 0. The molecule has 2 aliphatic rings. The number of hydrogen-bond donors (Lipinski definition) is 1. The molecular weight excluding hydrogens is 316 g/mol. The highest BCUT2D eigenvalue weighted by atomic mass is 16.6. The molecule has 0 saturated heterocycles. The average molecular weight is 336 g/mol. The summed E-state index contributed by atoms with van der Waals surface area (Å²) < 4.78 is 5.65. The fourth-order valence-corrected chi connectivity index (χ4v) is 3.96. The van der Waals surface area contributed by atoms with Crippen molar-refractivity contribution in [1.82, 2.24) is 0 Å². The minimum atomic E-state index is -0.359. The third-order valence-corrected chi connectivity index (χ3v) is 5.11. The molecule has 0 radical (unpaired) electrons. The number of fused-ring (bicyclic) bond motifs is 3. The van der Waals surface area contributed by atoms with Gasteiger partial charge < -0.3 is 10.1 Å². The first-order chi connectivity index (χ1) is 12.2. The van der Waals surface area contributed by atoms with Gasteiger partial charge >= 0.3 is 0 Å². The summed E-state index contributed by atoms with van der Waals surface area (Å²) in [6, 6.07) is 13.2. The number of hydrogen-bond acceptors (Lipinski definition) is 4. The minimum Gasteiger partial charge on any atom is -0.494 e. The monoisotopic (exact) mass is 336 g/mol. The molecule has 5 heteroatoms. The molecule has 3 atom stereocenters. The molecule has 0 spiro atoms. The van der Waals surface area contributed by atoms with E-state index in [9.17, 15) is 10.1 Å². The maximum Gasteiger partial charge on any atom is 0.269 e. The Kier molecular flexibility index (Phi) is 3.92. The average Bonchev–Trinajstić information content (AvgIpc) is 3.11. The van der Waals surface area contributed by atoms with Crippen LogP contribution < -0.4 is 10.1 Å². The number of nitrogens with one attached hydrogen (secondary N) is 1. The van der Waals surface area contributed by atoms with Gasteiger partial charge in [-0.05, 0) is 48.6 Å². The lowest BCUT2D eigenvalue weighted by molar-refractivity contribution is -0.384. The van der Waals surface area contributed by atoms with Gasteiger partial charge in [0.15, 0.2) is 0 Å². The van der Waals surface area contributed by atoms with Crippen LogP contribution in [-0.2, 0) is 0 Å². The van der Waals surface area contributed by atoms with E-state index in [0.29, 0.717) is 18.4 Å². The number of allylic oxidation sites excluding steroid dienone is 2. The molecular formula is C20H20N2O3. The predicted molar refractivity (Wildman–Crippen MR) is 97.1 cm³/mol. The second kappa shape index (κ2) is 6.24. The largest absolute Gasteiger partial charge is 0.494 e.